The summed E-state index contributed by atoms with van der Waals surface area (Å²) in [5, 5.41) is 2.96. The Kier molecular flexibility index (Phi) is 2.71. The molecule has 1 aliphatic rings. The van der Waals surface area contributed by atoms with E-state index in [4.69, 9.17) is 0 Å². The van der Waals surface area contributed by atoms with Crippen molar-refractivity contribution in [2.24, 2.45) is 0 Å². The van der Waals surface area contributed by atoms with Gasteiger partial charge in [-0.25, -0.2) is 0 Å². The van der Waals surface area contributed by atoms with E-state index in [1.54, 1.807) is 6.20 Å². The van der Waals surface area contributed by atoms with Crippen molar-refractivity contribution in [2.45, 2.75) is 38.6 Å². The molecule has 0 unspecified atom stereocenters. The summed E-state index contributed by atoms with van der Waals surface area (Å²) in [6.07, 6.45) is 5.67. The summed E-state index contributed by atoms with van der Waals surface area (Å²) in [6, 6.07) is 2.33. The number of rotatable bonds is 3. The second-order valence-electron chi connectivity index (χ2n) is 4.41. The molecule has 1 N–H and O–H groups in total. The minimum Gasteiger partial charge on any atom is -0.349 e. The van der Waals surface area contributed by atoms with E-state index in [2.05, 4.69) is 24.1 Å². The third kappa shape index (κ3) is 2.55. The summed E-state index contributed by atoms with van der Waals surface area (Å²) in [5.74, 6) is 0.415. The maximum Gasteiger partial charge on any atom is 0.253 e. The lowest BCUT2D eigenvalue weighted by Gasteiger charge is -2.07. The zero-order valence-electron chi connectivity index (χ0n) is 9.16. The van der Waals surface area contributed by atoms with Gasteiger partial charge in [0.05, 0.1) is 5.56 Å². The number of carbonyl (C=O) groups excluding carboxylic acids is 1. The summed E-state index contributed by atoms with van der Waals surface area (Å²) >= 11 is 0. The number of nitrogens with one attached hydrogen (secondary N) is 1. The molecule has 1 aromatic rings. The molecule has 0 saturated heterocycles. The van der Waals surface area contributed by atoms with Crippen LogP contribution in [0.2, 0.25) is 0 Å². The van der Waals surface area contributed by atoms with Crippen molar-refractivity contribution < 1.29 is 4.79 Å². The average Bonchev–Trinajstić information content (AvgIpc) is 3.02. The molecule has 0 spiro atoms. The van der Waals surface area contributed by atoms with E-state index in [1.807, 2.05) is 12.3 Å². The van der Waals surface area contributed by atoms with Crippen LogP contribution in [0.5, 0.6) is 0 Å². The van der Waals surface area contributed by atoms with Crippen molar-refractivity contribution in [1.82, 2.24) is 10.3 Å². The zero-order chi connectivity index (χ0) is 10.8. The predicted octanol–water partition coefficient (Wildman–Crippen LogP) is 2.10. The Balaban J connectivity index is 2.12. The molecule has 0 aromatic carbocycles. The van der Waals surface area contributed by atoms with Crippen molar-refractivity contribution >= 4 is 5.91 Å². The number of pyridine rings is 1. The second-order valence-corrected chi connectivity index (χ2v) is 4.41. The molecule has 0 radical (unpaired) electrons. The molecule has 1 saturated carbocycles. The lowest BCUT2D eigenvalue weighted by Crippen LogP contribution is -2.25. The first-order valence-electron chi connectivity index (χ1n) is 5.42. The molecular weight excluding hydrogens is 188 g/mol. The normalized spacial score (nSPS) is 15.4. The van der Waals surface area contributed by atoms with Crippen molar-refractivity contribution in [1.29, 1.82) is 0 Å². The average molecular weight is 204 g/mol. The molecule has 80 valence electrons. The lowest BCUT2D eigenvalue weighted by molar-refractivity contribution is 0.0950. The fourth-order valence-electron chi connectivity index (χ4n) is 1.39. The van der Waals surface area contributed by atoms with Crippen LogP contribution in [0.3, 0.4) is 0 Å². The first kappa shape index (κ1) is 10.1. The Labute approximate surface area is 89.9 Å². The van der Waals surface area contributed by atoms with E-state index < -0.39 is 0 Å². The van der Waals surface area contributed by atoms with Crippen LogP contribution in [0.25, 0.3) is 0 Å². The Morgan fingerprint density at radius 3 is 2.80 bits per heavy atom. The molecule has 1 aliphatic carbocycles. The van der Waals surface area contributed by atoms with E-state index in [0.29, 0.717) is 17.5 Å². The van der Waals surface area contributed by atoms with Gasteiger partial charge in [-0.3, -0.25) is 9.78 Å². The van der Waals surface area contributed by atoms with Gasteiger partial charge in [0.25, 0.3) is 5.91 Å². The highest BCUT2D eigenvalue weighted by Crippen LogP contribution is 2.20. The quantitative estimate of drug-likeness (QED) is 0.819. The van der Waals surface area contributed by atoms with Gasteiger partial charge in [-0.15, -0.1) is 0 Å². The van der Waals surface area contributed by atoms with Gasteiger partial charge in [-0.1, -0.05) is 13.8 Å². The third-order valence-corrected chi connectivity index (χ3v) is 2.60. The van der Waals surface area contributed by atoms with E-state index in [0.717, 1.165) is 18.4 Å². The lowest BCUT2D eigenvalue weighted by atomic mass is 10.0. The zero-order valence-corrected chi connectivity index (χ0v) is 9.16. The van der Waals surface area contributed by atoms with Crippen LogP contribution in [-0.2, 0) is 0 Å². The largest absolute Gasteiger partial charge is 0.349 e. The topological polar surface area (TPSA) is 42.0 Å². The number of hydrogen-bond acceptors (Lipinski definition) is 2. The van der Waals surface area contributed by atoms with Crippen LogP contribution >= 0.6 is 0 Å². The summed E-state index contributed by atoms with van der Waals surface area (Å²) in [7, 11) is 0. The number of amides is 1. The number of carbonyl (C=O) groups is 1. The number of aromatic nitrogens is 1. The molecule has 0 bridgehead atoms. The van der Waals surface area contributed by atoms with Crippen LogP contribution in [0.4, 0.5) is 0 Å². The predicted molar refractivity (Wildman–Crippen MR) is 58.8 cm³/mol. The minimum atomic E-state index is 0.00694. The maximum atomic E-state index is 11.7. The SMILES string of the molecule is CC(C)c1cncc(C(=O)NC2CC2)c1. The van der Waals surface area contributed by atoms with Gasteiger partial charge in [-0.2, -0.15) is 0 Å². The van der Waals surface area contributed by atoms with Gasteiger partial charge >= 0.3 is 0 Å². The maximum absolute atomic E-state index is 11.7. The van der Waals surface area contributed by atoms with Crippen LogP contribution < -0.4 is 5.32 Å². The van der Waals surface area contributed by atoms with Crippen LogP contribution in [-0.4, -0.2) is 16.9 Å². The van der Waals surface area contributed by atoms with Gasteiger partial charge in [0, 0.05) is 18.4 Å². The molecule has 15 heavy (non-hydrogen) atoms. The van der Waals surface area contributed by atoms with Gasteiger partial charge in [0.15, 0.2) is 0 Å². The minimum absolute atomic E-state index is 0.00694. The highest BCUT2D eigenvalue weighted by atomic mass is 16.1. The molecule has 3 heteroatoms. The summed E-state index contributed by atoms with van der Waals surface area (Å²) in [4.78, 5) is 15.8. The van der Waals surface area contributed by atoms with Crippen molar-refractivity contribution in [2.75, 3.05) is 0 Å². The number of nitrogens with zero attached hydrogens (tertiary/aromatic N) is 1. The summed E-state index contributed by atoms with van der Waals surface area (Å²) in [5.41, 5.74) is 1.78. The summed E-state index contributed by atoms with van der Waals surface area (Å²) < 4.78 is 0. The van der Waals surface area contributed by atoms with Gasteiger partial charge in [-0.05, 0) is 30.4 Å². The molecule has 1 aromatic heterocycles. The molecular formula is C12H16N2O. The first-order chi connectivity index (χ1) is 7.16. The van der Waals surface area contributed by atoms with Gasteiger partial charge in [0.2, 0.25) is 0 Å². The molecule has 1 amide bonds. The van der Waals surface area contributed by atoms with E-state index in [9.17, 15) is 4.79 Å². The third-order valence-electron chi connectivity index (χ3n) is 2.60. The molecule has 0 aliphatic heterocycles. The van der Waals surface area contributed by atoms with Crippen molar-refractivity contribution in [3.63, 3.8) is 0 Å². The van der Waals surface area contributed by atoms with Crippen LogP contribution in [0.15, 0.2) is 18.5 Å². The monoisotopic (exact) mass is 204 g/mol. The summed E-state index contributed by atoms with van der Waals surface area (Å²) in [6.45, 7) is 4.19. The smallest absolute Gasteiger partial charge is 0.253 e. The van der Waals surface area contributed by atoms with Crippen LogP contribution in [0, 0.1) is 0 Å². The highest BCUT2D eigenvalue weighted by molar-refractivity contribution is 5.94. The van der Waals surface area contributed by atoms with Crippen LogP contribution in [0.1, 0.15) is 48.5 Å². The van der Waals surface area contributed by atoms with Gasteiger partial charge < -0.3 is 5.32 Å². The fourth-order valence-corrected chi connectivity index (χ4v) is 1.39. The Bertz CT molecular complexity index is 370. The van der Waals surface area contributed by atoms with E-state index in [1.165, 1.54) is 0 Å². The van der Waals surface area contributed by atoms with Gasteiger partial charge in [0.1, 0.15) is 0 Å². The van der Waals surface area contributed by atoms with Crippen molar-refractivity contribution in [3.05, 3.63) is 29.6 Å². The Morgan fingerprint density at radius 1 is 1.47 bits per heavy atom. The second kappa shape index (κ2) is 4.01. The van der Waals surface area contributed by atoms with E-state index in [-0.39, 0.29) is 5.91 Å². The molecule has 1 heterocycles. The Hall–Kier alpha value is -1.38. The molecule has 0 atom stereocenters. The first-order valence-corrected chi connectivity index (χ1v) is 5.42. The Morgan fingerprint density at radius 2 is 2.20 bits per heavy atom. The standard InChI is InChI=1S/C12H16N2O/c1-8(2)9-5-10(7-13-6-9)12(15)14-11-3-4-11/h5-8,11H,3-4H2,1-2H3,(H,14,15). The van der Waals surface area contributed by atoms with E-state index >= 15 is 0 Å². The molecule has 1 fully saturated rings. The van der Waals surface area contributed by atoms with Crippen molar-refractivity contribution in [3.8, 4) is 0 Å². The fraction of sp³-hybridized carbons (Fsp3) is 0.500. The highest BCUT2D eigenvalue weighted by Gasteiger charge is 2.23. The molecule has 2 rings (SSSR count). The number of hydrogen-bond donors (Lipinski definition) is 1. The molecule has 3 nitrogen and oxygen atoms in total.